The second-order valence-corrected chi connectivity index (χ2v) is 19.4. The van der Waals surface area contributed by atoms with E-state index in [0.717, 1.165) is 40.0 Å². The summed E-state index contributed by atoms with van der Waals surface area (Å²) in [6.45, 7) is 17.0. The number of benzene rings is 7. The minimum Gasteiger partial charge on any atom is -0.309 e. The molecular formula is C56H53ClN2. The molecule has 3 aliphatic rings. The quantitative estimate of drug-likeness (QED) is 0.159. The third-order valence-corrected chi connectivity index (χ3v) is 15.6. The van der Waals surface area contributed by atoms with E-state index in [1.807, 2.05) is 0 Å². The Balaban J connectivity index is 1.15. The number of halogens is 1. The maximum absolute atomic E-state index is 7.86. The zero-order valence-corrected chi connectivity index (χ0v) is 36.1. The molecule has 0 amide bonds. The Kier molecular flexibility index (Phi) is 8.61. The van der Waals surface area contributed by atoms with Crippen molar-refractivity contribution in [1.82, 2.24) is 0 Å². The Morgan fingerprint density at radius 1 is 0.525 bits per heavy atom. The number of fused-ring (bicyclic) bond motifs is 6. The lowest BCUT2D eigenvalue weighted by Crippen LogP contribution is -2.43. The molecule has 1 spiro atoms. The minimum atomic E-state index is -0.0791. The smallest absolute Gasteiger partial charge is 0.0887 e. The van der Waals surface area contributed by atoms with E-state index in [4.69, 9.17) is 11.6 Å². The van der Waals surface area contributed by atoms with Gasteiger partial charge in [0.25, 0.3) is 0 Å². The first-order chi connectivity index (χ1) is 28.4. The number of nitrogens with zero attached hydrogens (tertiary/aromatic N) is 2. The molecule has 0 aromatic heterocycles. The molecule has 4 atom stereocenters. The van der Waals surface area contributed by atoms with Crippen LogP contribution in [0.3, 0.4) is 0 Å². The zero-order chi connectivity index (χ0) is 40.9. The van der Waals surface area contributed by atoms with Crippen molar-refractivity contribution in [2.45, 2.75) is 65.7 Å². The molecule has 2 nitrogen and oxygen atoms in total. The summed E-state index contributed by atoms with van der Waals surface area (Å²) in [6, 6.07) is 62.0. The minimum absolute atomic E-state index is 0.0288. The predicted octanol–water partition coefficient (Wildman–Crippen LogP) is 16.2. The average molecular weight is 790 g/mol. The van der Waals surface area contributed by atoms with E-state index < -0.39 is 0 Å². The first-order valence-electron chi connectivity index (χ1n) is 21.3. The van der Waals surface area contributed by atoms with Crippen LogP contribution in [0.2, 0.25) is 5.02 Å². The molecule has 4 unspecified atom stereocenters. The zero-order valence-electron chi connectivity index (χ0n) is 35.3. The monoisotopic (exact) mass is 788 g/mol. The molecule has 0 radical (unpaired) electrons. The van der Waals surface area contributed by atoms with E-state index in [9.17, 15) is 0 Å². The largest absolute Gasteiger partial charge is 0.309 e. The van der Waals surface area contributed by atoms with Crippen molar-refractivity contribution in [1.29, 1.82) is 0 Å². The maximum Gasteiger partial charge on any atom is 0.0887 e. The fourth-order valence-corrected chi connectivity index (χ4v) is 11.8. The summed E-state index contributed by atoms with van der Waals surface area (Å²) in [5.74, 6) is 1.43. The van der Waals surface area contributed by atoms with E-state index >= 15 is 0 Å². The van der Waals surface area contributed by atoms with Crippen molar-refractivity contribution < 1.29 is 0 Å². The summed E-state index contributed by atoms with van der Waals surface area (Å²) in [5, 5.41) is 0.686. The number of rotatable bonds is 7. The summed E-state index contributed by atoms with van der Waals surface area (Å²) in [7, 11) is 0. The lowest BCUT2D eigenvalue weighted by Gasteiger charge is -2.47. The molecule has 0 bridgehead atoms. The molecule has 7 aromatic carbocycles. The van der Waals surface area contributed by atoms with E-state index in [0.29, 0.717) is 10.9 Å². The van der Waals surface area contributed by atoms with Crippen LogP contribution in [-0.2, 0) is 10.8 Å². The van der Waals surface area contributed by atoms with Crippen LogP contribution in [0, 0.1) is 22.7 Å². The number of hydrogen-bond acceptors (Lipinski definition) is 2. The summed E-state index contributed by atoms with van der Waals surface area (Å²) >= 11 is 7.86. The maximum atomic E-state index is 7.86. The molecule has 7 aromatic rings. The lowest BCUT2D eigenvalue weighted by molar-refractivity contribution is 0.126. The molecule has 2 fully saturated rings. The number of para-hydroxylation sites is 1. The van der Waals surface area contributed by atoms with Crippen molar-refractivity contribution in [3.63, 3.8) is 0 Å². The average Bonchev–Trinajstić information content (AvgIpc) is 3.56. The van der Waals surface area contributed by atoms with Gasteiger partial charge in [-0.1, -0.05) is 169 Å². The van der Waals surface area contributed by atoms with Gasteiger partial charge in [0.15, 0.2) is 0 Å². The lowest BCUT2D eigenvalue weighted by atomic mass is 9.56. The summed E-state index contributed by atoms with van der Waals surface area (Å²) in [5.41, 5.74) is 15.8. The summed E-state index contributed by atoms with van der Waals surface area (Å²) in [4.78, 5) is 4.68. The third-order valence-electron chi connectivity index (χ3n) is 15.2. The molecule has 294 valence electrons. The van der Waals surface area contributed by atoms with Gasteiger partial charge in [-0.2, -0.15) is 0 Å². The molecule has 10 rings (SSSR count). The highest BCUT2D eigenvalue weighted by molar-refractivity contribution is 6.36. The van der Waals surface area contributed by atoms with E-state index in [-0.39, 0.29) is 21.7 Å². The summed E-state index contributed by atoms with van der Waals surface area (Å²) in [6.07, 6.45) is 1.18. The number of hydrogen-bond donors (Lipinski definition) is 0. The van der Waals surface area contributed by atoms with Crippen LogP contribution in [0.1, 0.15) is 71.6 Å². The van der Waals surface area contributed by atoms with Crippen LogP contribution in [-0.4, -0.2) is 0 Å². The molecule has 2 saturated carbocycles. The van der Waals surface area contributed by atoms with Gasteiger partial charge in [-0.05, 0) is 134 Å². The SMILES string of the molecule is CC1C2CC3(c4ccccc4-c4ccc(N(c5ccc(C(C)(C)C)cc5)c5cccc(N(c6ccccc6)c6ccc(-c7ccccc7)cc6)c5Cl)cc43)C(C)(C)C12C. The third kappa shape index (κ3) is 5.52. The molecule has 0 N–H and O–H groups in total. The second kappa shape index (κ2) is 13.5. The first-order valence-corrected chi connectivity index (χ1v) is 21.7. The topological polar surface area (TPSA) is 6.48 Å². The van der Waals surface area contributed by atoms with Gasteiger partial charge < -0.3 is 9.80 Å². The fraction of sp³-hybridized carbons (Fsp3) is 0.250. The van der Waals surface area contributed by atoms with Gasteiger partial charge in [0.05, 0.1) is 16.4 Å². The van der Waals surface area contributed by atoms with E-state index in [1.54, 1.807) is 0 Å². The van der Waals surface area contributed by atoms with Crippen LogP contribution in [0.15, 0.2) is 170 Å². The molecule has 0 saturated heterocycles. The Morgan fingerprint density at radius 3 is 1.64 bits per heavy atom. The predicted molar refractivity (Wildman–Crippen MR) is 250 cm³/mol. The van der Waals surface area contributed by atoms with E-state index in [2.05, 4.69) is 228 Å². The normalized spacial score (nSPS) is 22.1. The van der Waals surface area contributed by atoms with Crippen molar-refractivity contribution in [2.24, 2.45) is 22.7 Å². The molecule has 59 heavy (non-hydrogen) atoms. The van der Waals surface area contributed by atoms with Crippen LogP contribution in [0.25, 0.3) is 22.3 Å². The molecule has 0 heterocycles. The summed E-state index contributed by atoms with van der Waals surface area (Å²) < 4.78 is 0. The Hall–Kier alpha value is -5.57. The van der Waals surface area contributed by atoms with Crippen LogP contribution in [0.4, 0.5) is 34.1 Å². The molecular weight excluding hydrogens is 736 g/mol. The van der Waals surface area contributed by atoms with Crippen molar-refractivity contribution >= 4 is 45.7 Å². The Bertz CT molecular complexity index is 2690. The van der Waals surface area contributed by atoms with Gasteiger partial charge in [0.1, 0.15) is 0 Å². The second-order valence-electron chi connectivity index (χ2n) is 19.0. The Morgan fingerprint density at radius 2 is 1.03 bits per heavy atom. The van der Waals surface area contributed by atoms with Crippen molar-refractivity contribution in [3.05, 3.63) is 192 Å². The highest BCUT2D eigenvalue weighted by Crippen LogP contribution is 2.84. The van der Waals surface area contributed by atoms with Crippen molar-refractivity contribution in [3.8, 4) is 22.3 Å². The molecule has 0 aliphatic heterocycles. The van der Waals surface area contributed by atoms with Gasteiger partial charge in [-0.15, -0.1) is 0 Å². The van der Waals surface area contributed by atoms with Gasteiger partial charge in [-0.3, -0.25) is 0 Å². The molecule has 3 aliphatic carbocycles. The highest BCUT2D eigenvalue weighted by atomic mass is 35.5. The van der Waals surface area contributed by atoms with Crippen LogP contribution in [0.5, 0.6) is 0 Å². The molecule has 3 heteroatoms. The van der Waals surface area contributed by atoms with Gasteiger partial charge in [-0.25, -0.2) is 0 Å². The van der Waals surface area contributed by atoms with Gasteiger partial charge >= 0.3 is 0 Å². The fourth-order valence-electron chi connectivity index (χ4n) is 11.5. The van der Waals surface area contributed by atoms with Gasteiger partial charge in [0, 0.05) is 28.2 Å². The van der Waals surface area contributed by atoms with Crippen LogP contribution < -0.4 is 9.80 Å². The van der Waals surface area contributed by atoms with E-state index in [1.165, 1.54) is 45.4 Å². The van der Waals surface area contributed by atoms with Gasteiger partial charge in [0.2, 0.25) is 0 Å². The Labute approximate surface area is 356 Å². The highest BCUT2D eigenvalue weighted by Gasteiger charge is 2.79. The van der Waals surface area contributed by atoms with Crippen LogP contribution >= 0.6 is 11.6 Å². The first kappa shape index (κ1) is 37.7. The number of anilines is 6. The standard InChI is InChI=1S/C56H53ClN2/c1-37-49-36-56(54(5,6)55(37,49)7)47-22-15-14-21-45(47)46-34-33-44(35-48(46)56)59(43-31-27-40(28-32-43)53(2,3)4)51-24-16-23-50(52(51)57)58(41-19-12-9-13-20-41)42-29-25-39(26-30-42)38-17-10-8-11-18-38/h8-35,37,49H,36H2,1-7H3. The van der Waals surface area contributed by atoms with Crippen molar-refractivity contribution in [2.75, 3.05) is 9.80 Å².